The summed E-state index contributed by atoms with van der Waals surface area (Å²) in [6.07, 6.45) is 4.04. The molecule has 2 heteroatoms. The molecule has 2 aromatic carbocycles. The lowest BCUT2D eigenvalue weighted by Gasteiger charge is -2.29. The van der Waals surface area contributed by atoms with Crippen LogP contribution < -0.4 is 0 Å². The van der Waals surface area contributed by atoms with Gasteiger partial charge in [0.2, 0.25) is 0 Å². The van der Waals surface area contributed by atoms with Crippen molar-refractivity contribution in [2.24, 2.45) is 5.92 Å². The van der Waals surface area contributed by atoms with Gasteiger partial charge in [0, 0.05) is 30.2 Å². The molecule has 1 aliphatic carbocycles. The van der Waals surface area contributed by atoms with Crippen molar-refractivity contribution in [3.05, 3.63) is 71.3 Å². The molecule has 24 heavy (non-hydrogen) atoms. The van der Waals surface area contributed by atoms with Gasteiger partial charge in [0.05, 0.1) is 0 Å². The van der Waals surface area contributed by atoms with Gasteiger partial charge in [-0.15, -0.1) is 0 Å². The molecule has 0 amide bonds. The lowest BCUT2D eigenvalue weighted by molar-refractivity contribution is -0.125. The van der Waals surface area contributed by atoms with E-state index in [2.05, 4.69) is 12.1 Å². The first-order valence-corrected chi connectivity index (χ1v) is 8.82. The van der Waals surface area contributed by atoms with Crippen molar-refractivity contribution < 1.29 is 9.59 Å². The Morgan fingerprint density at radius 2 is 1.75 bits per heavy atom. The van der Waals surface area contributed by atoms with Crippen LogP contribution >= 0.6 is 0 Å². The number of Topliss-reactive ketones (excluding diaryl/α,β-unsaturated/α-hetero) is 2. The van der Waals surface area contributed by atoms with Crippen LogP contribution in [0.5, 0.6) is 0 Å². The van der Waals surface area contributed by atoms with Crippen LogP contribution in [-0.4, -0.2) is 11.6 Å². The van der Waals surface area contributed by atoms with E-state index in [1.54, 1.807) is 0 Å². The van der Waals surface area contributed by atoms with Crippen LogP contribution in [0, 0.1) is 12.8 Å². The normalized spacial score (nSPS) is 19.0. The molecule has 3 rings (SSSR count). The number of carbonyl (C=O) groups excluding carboxylic acids is 2. The fourth-order valence-electron chi connectivity index (χ4n) is 3.69. The van der Waals surface area contributed by atoms with E-state index in [4.69, 9.17) is 0 Å². The summed E-state index contributed by atoms with van der Waals surface area (Å²) in [4.78, 5) is 25.2. The van der Waals surface area contributed by atoms with Crippen LogP contribution in [0.2, 0.25) is 0 Å². The summed E-state index contributed by atoms with van der Waals surface area (Å²) in [5.74, 6) is 0.428. The summed E-state index contributed by atoms with van der Waals surface area (Å²) >= 11 is 0. The molecular weight excluding hydrogens is 296 g/mol. The van der Waals surface area contributed by atoms with Crippen molar-refractivity contribution in [3.8, 4) is 0 Å². The number of hydrogen-bond acceptors (Lipinski definition) is 2. The quantitative estimate of drug-likeness (QED) is 0.717. The van der Waals surface area contributed by atoms with E-state index in [0.717, 1.165) is 36.0 Å². The maximum absolute atomic E-state index is 12.8. The molecule has 2 aromatic rings. The Labute approximate surface area is 143 Å². The van der Waals surface area contributed by atoms with Gasteiger partial charge in [-0.05, 0) is 25.3 Å². The molecule has 1 saturated carbocycles. The third-order valence-electron chi connectivity index (χ3n) is 5.09. The molecule has 1 aliphatic rings. The van der Waals surface area contributed by atoms with Crippen LogP contribution in [0.1, 0.15) is 59.5 Å². The Kier molecular flexibility index (Phi) is 5.24. The van der Waals surface area contributed by atoms with Crippen molar-refractivity contribution in [2.45, 2.75) is 44.9 Å². The second-order valence-electron chi connectivity index (χ2n) is 6.83. The Bertz CT molecular complexity index is 701. The molecule has 2 atom stereocenters. The van der Waals surface area contributed by atoms with Crippen molar-refractivity contribution in [3.63, 3.8) is 0 Å². The monoisotopic (exact) mass is 320 g/mol. The van der Waals surface area contributed by atoms with Gasteiger partial charge in [0.1, 0.15) is 5.78 Å². The number of benzene rings is 2. The second kappa shape index (κ2) is 7.57. The number of hydrogen-bond donors (Lipinski definition) is 0. The van der Waals surface area contributed by atoms with Gasteiger partial charge in [-0.25, -0.2) is 0 Å². The summed E-state index contributed by atoms with van der Waals surface area (Å²) in [6, 6.07) is 17.8. The number of carbonyl (C=O) groups is 2. The van der Waals surface area contributed by atoms with E-state index in [-0.39, 0.29) is 17.6 Å². The van der Waals surface area contributed by atoms with Gasteiger partial charge in [-0.1, -0.05) is 66.6 Å². The van der Waals surface area contributed by atoms with Gasteiger partial charge < -0.3 is 0 Å². The van der Waals surface area contributed by atoms with Gasteiger partial charge in [0.25, 0.3) is 0 Å². The molecule has 0 heterocycles. The third kappa shape index (κ3) is 3.81. The van der Waals surface area contributed by atoms with Crippen LogP contribution in [0.15, 0.2) is 54.6 Å². The predicted octanol–water partition coefficient (Wildman–Crippen LogP) is 5.11. The SMILES string of the molecule is Cc1ccc(C(=O)C[C@@H](c2ccccc2)[C@@H]2CCCCC2=O)cc1. The zero-order valence-corrected chi connectivity index (χ0v) is 14.2. The van der Waals surface area contributed by atoms with Crippen molar-refractivity contribution in [1.29, 1.82) is 0 Å². The molecule has 0 N–H and O–H groups in total. The fourth-order valence-corrected chi connectivity index (χ4v) is 3.69. The van der Waals surface area contributed by atoms with Gasteiger partial charge in [-0.2, -0.15) is 0 Å². The highest BCUT2D eigenvalue weighted by atomic mass is 16.1. The minimum atomic E-state index is -0.0180. The van der Waals surface area contributed by atoms with Crippen LogP contribution in [0.3, 0.4) is 0 Å². The largest absolute Gasteiger partial charge is 0.299 e. The molecule has 0 aliphatic heterocycles. The molecule has 0 spiro atoms. The van der Waals surface area contributed by atoms with E-state index < -0.39 is 0 Å². The molecule has 0 saturated heterocycles. The molecule has 0 aromatic heterocycles. The Morgan fingerprint density at radius 3 is 2.42 bits per heavy atom. The first kappa shape index (κ1) is 16.6. The topological polar surface area (TPSA) is 34.1 Å². The van der Waals surface area contributed by atoms with Crippen molar-refractivity contribution in [1.82, 2.24) is 0 Å². The van der Waals surface area contributed by atoms with Crippen LogP contribution in [0.4, 0.5) is 0 Å². The average Bonchev–Trinajstić information content (AvgIpc) is 2.61. The summed E-state index contributed by atoms with van der Waals surface area (Å²) in [6.45, 7) is 2.02. The first-order chi connectivity index (χ1) is 11.6. The van der Waals surface area contributed by atoms with Gasteiger partial charge in [-0.3, -0.25) is 9.59 Å². The summed E-state index contributed by atoms with van der Waals surface area (Å²) in [7, 11) is 0. The highest BCUT2D eigenvalue weighted by Gasteiger charge is 2.32. The molecule has 2 nitrogen and oxygen atoms in total. The smallest absolute Gasteiger partial charge is 0.163 e. The van der Waals surface area contributed by atoms with E-state index >= 15 is 0 Å². The first-order valence-electron chi connectivity index (χ1n) is 8.82. The minimum Gasteiger partial charge on any atom is -0.299 e. The van der Waals surface area contributed by atoms with E-state index in [1.165, 1.54) is 0 Å². The Balaban J connectivity index is 1.85. The lowest BCUT2D eigenvalue weighted by atomic mass is 9.73. The number of ketones is 2. The zero-order valence-electron chi connectivity index (χ0n) is 14.2. The second-order valence-corrected chi connectivity index (χ2v) is 6.83. The number of rotatable bonds is 5. The highest BCUT2D eigenvalue weighted by molar-refractivity contribution is 5.97. The third-order valence-corrected chi connectivity index (χ3v) is 5.09. The maximum atomic E-state index is 12.8. The zero-order chi connectivity index (χ0) is 16.9. The molecule has 0 unspecified atom stereocenters. The highest BCUT2D eigenvalue weighted by Crippen LogP contribution is 2.37. The van der Waals surface area contributed by atoms with Crippen LogP contribution in [-0.2, 0) is 4.79 Å². The molecule has 1 fully saturated rings. The van der Waals surface area contributed by atoms with Crippen molar-refractivity contribution >= 4 is 11.6 Å². The maximum Gasteiger partial charge on any atom is 0.163 e. The van der Waals surface area contributed by atoms with E-state index in [9.17, 15) is 9.59 Å². The van der Waals surface area contributed by atoms with Gasteiger partial charge >= 0.3 is 0 Å². The van der Waals surface area contributed by atoms with Gasteiger partial charge in [0.15, 0.2) is 5.78 Å². The molecule has 124 valence electrons. The standard InChI is InChI=1S/C22H24O2/c1-16-11-13-18(14-12-16)22(24)15-20(17-7-3-2-4-8-17)19-9-5-6-10-21(19)23/h2-4,7-8,11-14,19-20H,5-6,9-10,15H2,1H3/t19-,20-/m0/s1. The number of aryl methyl sites for hydroxylation is 1. The summed E-state index contributed by atoms with van der Waals surface area (Å²) in [5, 5.41) is 0. The van der Waals surface area contributed by atoms with E-state index in [1.807, 2.05) is 49.4 Å². The summed E-state index contributed by atoms with van der Waals surface area (Å²) < 4.78 is 0. The average molecular weight is 320 g/mol. The molecular formula is C22H24O2. The minimum absolute atomic E-state index is 0.00666. The van der Waals surface area contributed by atoms with Crippen LogP contribution in [0.25, 0.3) is 0 Å². The fraction of sp³-hybridized carbons (Fsp3) is 0.364. The molecule has 0 radical (unpaired) electrons. The van der Waals surface area contributed by atoms with E-state index in [0.29, 0.717) is 18.6 Å². The summed E-state index contributed by atoms with van der Waals surface area (Å²) in [5.41, 5.74) is 3.00. The Morgan fingerprint density at radius 1 is 1.04 bits per heavy atom. The predicted molar refractivity (Wildman–Crippen MR) is 96.3 cm³/mol. The molecule has 0 bridgehead atoms. The lowest BCUT2D eigenvalue weighted by Crippen LogP contribution is -2.27. The Hall–Kier alpha value is -2.22. The van der Waals surface area contributed by atoms with Crippen molar-refractivity contribution in [2.75, 3.05) is 0 Å².